The van der Waals surface area contributed by atoms with E-state index in [9.17, 15) is 4.79 Å². The van der Waals surface area contributed by atoms with Crippen LogP contribution in [0.2, 0.25) is 0 Å². The molecule has 0 unspecified atom stereocenters. The van der Waals surface area contributed by atoms with Crippen molar-refractivity contribution < 1.29 is 19.1 Å². The molecule has 2 atom stereocenters. The predicted molar refractivity (Wildman–Crippen MR) is 57.9 cm³/mol. The summed E-state index contributed by atoms with van der Waals surface area (Å²) in [6.45, 7) is 5.42. The lowest BCUT2D eigenvalue weighted by molar-refractivity contribution is -0.00644. The van der Waals surface area contributed by atoms with Crippen LogP contribution in [-0.2, 0) is 4.74 Å². The number of furan rings is 1. The Balaban J connectivity index is 2.13. The molecular formula is C11H15NO4. The van der Waals surface area contributed by atoms with Crippen molar-refractivity contribution in [2.75, 3.05) is 18.0 Å². The van der Waals surface area contributed by atoms with Gasteiger partial charge in [-0.1, -0.05) is 0 Å². The molecule has 0 saturated carbocycles. The maximum absolute atomic E-state index is 10.7. The number of carboxylic acids is 1. The molecule has 1 fully saturated rings. The van der Waals surface area contributed by atoms with Gasteiger partial charge in [-0.25, -0.2) is 4.79 Å². The fraction of sp³-hybridized carbons (Fsp3) is 0.545. The first kappa shape index (κ1) is 11.0. The highest BCUT2D eigenvalue weighted by Gasteiger charge is 2.24. The summed E-state index contributed by atoms with van der Waals surface area (Å²) in [5, 5.41) is 8.76. The highest BCUT2D eigenvalue weighted by molar-refractivity contribution is 5.84. The van der Waals surface area contributed by atoms with Gasteiger partial charge < -0.3 is 19.2 Å². The van der Waals surface area contributed by atoms with Crippen molar-refractivity contribution in [2.45, 2.75) is 26.1 Å². The predicted octanol–water partition coefficient (Wildman–Crippen LogP) is 1.59. The minimum atomic E-state index is -1.04. The smallest absolute Gasteiger partial charge is 0.371 e. The van der Waals surface area contributed by atoms with Gasteiger partial charge >= 0.3 is 5.97 Å². The number of nitrogens with zero attached hydrogens (tertiary/aromatic N) is 1. The van der Waals surface area contributed by atoms with Crippen molar-refractivity contribution in [1.29, 1.82) is 0 Å². The van der Waals surface area contributed by atoms with Crippen molar-refractivity contribution in [3.8, 4) is 0 Å². The lowest BCUT2D eigenvalue weighted by Gasteiger charge is -2.35. The number of rotatable bonds is 2. The summed E-state index contributed by atoms with van der Waals surface area (Å²) in [7, 11) is 0. The molecule has 0 spiro atoms. The summed E-state index contributed by atoms with van der Waals surface area (Å²) in [6.07, 6.45) is 0.254. The minimum Gasteiger partial charge on any atom is -0.475 e. The van der Waals surface area contributed by atoms with Gasteiger partial charge in [-0.05, 0) is 19.9 Å². The number of carbonyl (C=O) groups is 1. The van der Waals surface area contributed by atoms with Crippen molar-refractivity contribution in [2.24, 2.45) is 0 Å². The van der Waals surface area contributed by atoms with Crippen LogP contribution >= 0.6 is 0 Å². The number of anilines is 1. The van der Waals surface area contributed by atoms with Gasteiger partial charge in [0.05, 0.1) is 12.2 Å². The fourth-order valence-electron chi connectivity index (χ4n) is 1.97. The summed E-state index contributed by atoms with van der Waals surface area (Å²) >= 11 is 0. The van der Waals surface area contributed by atoms with Gasteiger partial charge in [0.1, 0.15) is 0 Å². The molecule has 88 valence electrons. The van der Waals surface area contributed by atoms with E-state index in [1.54, 1.807) is 6.07 Å². The van der Waals surface area contributed by atoms with Crippen molar-refractivity contribution >= 4 is 11.9 Å². The molecule has 0 aromatic carbocycles. The van der Waals surface area contributed by atoms with Crippen LogP contribution in [0.25, 0.3) is 0 Å². The highest BCUT2D eigenvalue weighted by Crippen LogP contribution is 2.22. The van der Waals surface area contributed by atoms with Gasteiger partial charge in [0.15, 0.2) is 5.88 Å². The third-order valence-electron chi connectivity index (χ3n) is 2.53. The Bertz CT molecular complexity index is 377. The molecular weight excluding hydrogens is 210 g/mol. The molecule has 0 amide bonds. The SMILES string of the molecule is C[C@@H]1CN(c2ccc(C(=O)O)o2)C[C@H](C)O1. The Morgan fingerprint density at radius 1 is 1.38 bits per heavy atom. The average molecular weight is 225 g/mol. The van der Waals surface area contributed by atoms with E-state index < -0.39 is 5.97 Å². The molecule has 5 nitrogen and oxygen atoms in total. The van der Waals surface area contributed by atoms with Gasteiger partial charge in [-0.15, -0.1) is 0 Å². The van der Waals surface area contributed by atoms with Crippen LogP contribution in [0, 0.1) is 0 Å². The molecule has 2 rings (SSSR count). The summed E-state index contributed by atoms with van der Waals surface area (Å²) in [5.41, 5.74) is 0. The fourth-order valence-corrected chi connectivity index (χ4v) is 1.97. The molecule has 1 aromatic heterocycles. The van der Waals surface area contributed by atoms with Gasteiger partial charge in [0.2, 0.25) is 5.76 Å². The summed E-state index contributed by atoms with van der Waals surface area (Å²) < 4.78 is 10.8. The van der Waals surface area contributed by atoms with Crippen LogP contribution in [0.3, 0.4) is 0 Å². The van der Waals surface area contributed by atoms with Gasteiger partial charge in [0, 0.05) is 19.2 Å². The topological polar surface area (TPSA) is 62.9 Å². The van der Waals surface area contributed by atoms with Crippen LogP contribution in [0.4, 0.5) is 5.88 Å². The quantitative estimate of drug-likeness (QED) is 0.828. The maximum Gasteiger partial charge on any atom is 0.371 e. The molecule has 16 heavy (non-hydrogen) atoms. The largest absolute Gasteiger partial charge is 0.475 e. The Hall–Kier alpha value is -1.49. The highest BCUT2D eigenvalue weighted by atomic mass is 16.5. The minimum absolute atomic E-state index is 0.0261. The standard InChI is InChI=1S/C11H15NO4/c1-7-5-12(6-8(2)15-7)10-4-3-9(16-10)11(13)14/h3-4,7-8H,5-6H2,1-2H3,(H,13,14)/t7-,8+. The third kappa shape index (κ3) is 2.19. The molecule has 2 heterocycles. The number of morpholine rings is 1. The van der Waals surface area contributed by atoms with E-state index in [0.717, 1.165) is 13.1 Å². The number of aromatic carboxylic acids is 1. The van der Waals surface area contributed by atoms with E-state index >= 15 is 0 Å². The van der Waals surface area contributed by atoms with Crippen LogP contribution in [0.15, 0.2) is 16.5 Å². The number of ether oxygens (including phenoxy) is 1. The Morgan fingerprint density at radius 2 is 2.00 bits per heavy atom. The second kappa shape index (κ2) is 4.17. The molecule has 5 heteroatoms. The van der Waals surface area contributed by atoms with Crippen LogP contribution in [-0.4, -0.2) is 36.4 Å². The Labute approximate surface area is 93.6 Å². The first-order valence-corrected chi connectivity index (χ1v) is 5.30. The summed E-state index contributed by atoms with van der Waals surface area (Å²) in [6, 6.07) is 3.16. The Kier molecular flexibility index (Phi) is 2.87. The maximum atomic E-state index is 10.7. The normalized spacial score (nSPS) is 25.8. The lowest BCUT2D eigenvalue weighted by Crippen LogP contribution is -2.45. The van der Waals surface area contributed by atoms with E-state index in [-0.39, 0.29) is 18.0 Å². The van der Waals surface area contributed by atoms with Crippen molar-refractivity contribution in [1.82, 2.24) is 0 Å². The first-order valence-electron chi connectivity index (χ1n) is 5.30. The first-order chi connectivity index (χ1) is 7.56. The van der Waals surface area contributed by atoms with E-state index in [1.807, 2.05) is 18.7 Å². The summed E-state index contributed by atoms with van der Waals surface area (Å²) in [4.78, 5) is 12.7. The number of hydrogen-bond acceptors (Lipinski definition) is 4. The zero-order valence-electron chi connectivity index (χ0n) is 9.34. The molecule has 1 N–H and O–H groups in total. The van der Waals surface area contributed by atoms with E-state index in [4.69, 9.17) is 14.3 Å². The van der Waals surface area contributed by atoms with Crippen molar-refractivity contribution in [3.63, 3.8) is 0 Å². The van der Waals surface area contributed by atoms with Gasteiger partial charge in [-0.3, -0.25) is 0 Å². The second-order valence-corrected chi connectivity index (χ2v) is 4.11. The molecule has 0 bridgehead atoms. The summed E-state index contributed by atoms with van der Waals surface area (Å²) in [5.74, 6) is -0.471. The number of carboxylic acid groups (broad SMARTS) is 1. The molecule has 1 aliphatic heterocycles. The van der Waals surface area contributed by atoms with Crippen molar-refractivity contribution in [3.05, 3.63) is 17.9 Å². The van der Waals surface area contributed by atoms with E-state index in [0.29, 0.717) is 5.88 Å². The molecule has 0 aliphatic carbocycles. The molecule has 1 aromatic rings. The third-order valence-corrected chi connectivity index (χ3v) is 2.53. The lowest BCUT2D eigenvalue weighted by atomic mass is 10.2. The van der Waals surface area contributed by atoms with Gasteiger partial charge in [-0.2, -0.15) is 0 Å². The monoisotopic (exact) mass is 225 g/mol. The molecule has 0 radical (unpaired) electrons. The average Bonchev–Trinajstić information content (AvgIpc) is 2.64. The molecule has 1 aliphatic rings. The second-order valence-electron chi connectivity index (χ2n) is 4.11. The zero-order chi connectivity index (χ0) is 11.7. The van der Waals surface area contributed by atoms with E-state index in [2.05, 4.69) is 0 Å². The van der Waals surface area contributed by atoms with E-state index in [1.165, 1.54) is 6.07 Å². The van der Waals surface area contributed by atoms with Gasteiger partial charge in [0.25, 0.3) is 0 Å². The number of hydrogen-bond donors (Lipinski definition) is 1. The Morgan fingerprint density at radius 3 is 2.50 bits per heavy atom. The van der Waals surface area contributed by atoms with Crippen LogP contribution < -0.4 is 4.90 Å². The zero-order valence-corrected chi connectivity index (χ0v) is 9.34. The van der Waals surface area contributed by atoms with Crippen LogP contribution in [0.5, 0.6) is 0 Å². The molecule has 1 saturated heterocycles. The van der Waals surface area contributed by atoms with Crippen LogP contribution in [0.1, 0.15) is 24.4 Å².